The molecule has 2 rings (SSSR count). The van der Waals surface area contributed by atoms with Gasteiger partial charge < -0.3 is 9.67 Å². The van der Waals surface area contributed by atoms with Gasteiger partial charge in [0.15, 0.2) is 11.6 Å². The molecule has 1 aromatic carbocycles. The van der Waals surface area contributed by atoms with Gasteiger partial charge in [-0.3, -0.25) is 0 Å². The van der Waals surface area contributed by atoms with Crippen LogP contribution in [0.4, 0.5) is 8.78 Å². The van der Waals surface area contributed by atoms with Crippen molar-refractivity contribution in [3.05, 3.63) is 53.6 Å². The van der Waals surface area contributed by atoms with Crippen molar-refractivity contribution >= 4 is 0 Å². The first kappa shape index (κ1) is 14.7. The monoisotopic (exact) mass is 280 g/mol. The van der Waals surface area contributed by atoms with Gasteiger partial charge in [0, 0.05) is 31.8 Å². The van der Waals surface area contributed by atoms with E-state index < -0.39 is 17.7 Å². The topological polar surface area (TPSA) is 38.0 Å². The van der Waals surface area contributed by atoms with Crippen LogP contribution in [0.25, 0.3) is 0 Å². The lowest BCUT2D eigenvalue weighted by atomic mass is 10.0. The van der Waals surface area contributed by atoms with Crippen LogP contribution in [0.1, 0.15) is 24.7 Å². The number of nitrogens with zero attached hydrogens (tertiary/aromatic N) is 2. The van der Waals surface area contributed by atoms with E-state index in [0.717, 1.165) is 24.9 Å². The average molecular weight is 280 g/mol. The molecule has 0 fully saturated rings. The second kappa shape index (κ2) is 6.61. The van der Waals surface area contributed by atoms with E-state index in [4.69, 9.17) is 0 Å². The summed E-state index contributed by atoms with van der Waals surface area (Å²) in [7, 11) is 0. The first-order valence-corrected chi connectivity index (χ1v) is 6.72. The van der Waals surface area contributed by atoms with Gasteiger partial charge in [0.1, 0.15) is 5.82 Å². The van der Waals surface area contributed by atoms with E-state index in [0.29, 0.717) is 6.42 Å². The molecule has 3 nitrogen and oxygen atoms in total. The number of aliphatic hydroxyl groups excluding tert-OH is 1. The van der Waals surface area contributed by atoms with Gasteiger partial charge in [0.2, 0.25) is 0 Å². The number of imidazole rings is 1. The van der Waals surface area contributed by atoms with Crippen LogP contribution in [-0.4, -0.2) is 20.8 Å². The summed E-state index contributed by atoms with van der Waals surface area (Å²) in [4.78, 5) is 4.19. The Morgan fingerprint density at radius 3 is 2.85 bits per heavy atom. The van der Waals surface area contributed by atoms with Gasteiger partial charge in [0.25, 0.3) is 0 Å². The van der Waals surface area contributed by atoms with Gasteiger partial charge in [0.05, 0.1) is 6.10 Å². The second-order valence-electron chi connectivity index (χ2n) is 4.81. The molecule has 0 saturated carbocycles. The van der Waals surface area contributed by atoms with Crippen LogP contribution in [0.2, 0.25) is 0 Å². The van der Waals surface area contributed by atoms with Crippen LogP contribution < -0.4 is 0 Å². The second-order valence-corrected chi connectivity index (χ2v) is 4.81. The zero-order chi connectivity index (χ0) is 14.5. The maximum atomic E-state index is 13.5. The molecule has 0 bridgehead atoms. The molecule has 20 heavy (non-hydrogen) atoms. The highest BCUT2D eigenvalue weighted by molar-refractivity contribution is 5.20. The fourth-order valence-electron chi connectivity index (χ4n) is 2.22. The lowest BCUT2D eigenvalue weighted by Gasteiger charge is -2.12. The number of aryl methyl sites for hydroxylation is 1. The highest BCUT2D eigenvalue weighted by atomic mass is 19.2. The van der Waals surface area contributed by atoms with Crippen molar-refractivity contribution in [2.45, 2.75) is 38.8 Å². The third kappa shape index (κ3) is 3.42. The minimum Gasteiger partial charge on any atom is -0.392 e. The summed E-state index contributed by atoms with van der Waals surface area (Å²) in [5.41, 5.74) is 0.186. The van der Waals surface area contributed by atoms with Crippen LogP contribution in [0.3, 0.4) is 0 Å². The van der Waals surface area contributed by atoms with Gasteiger partial charge >= 0.3 is 0 Å². The molecule has 1 atom stereocenters. The lowest BCUT2D eigenvalue weighted by Crippen LogP contribution is -2.18. The molecule has 0 saturated heterocycles. The predicted molar refractivity (Wildman–Crippen MR) is 72.3 cm³/mol. The summed E-state index contributed by atoms with van der Waals surface area (Å²) in [6.45, 7) is 2.89. The molecular formula is C15H18F2N2O. The molecule has 108 valence electrons. The number of hydrogen-bond acceptors (Lipinski definition) is 2. The normalized spacial score (nSPS) is 12.6. The summed E-state index contributed by atoms with van der Waals surface area (Å²) in [5, 5.41) is 10.0. The molecule has 1 N–H and O–H groups in total. The Bertz CT molecular complexity index is 569. The first-order valence-electron chi connectivity index (χ1n) is 6.72. The van der Waals surface area contributed by atoms with Crippen molar-refractivity contribution in [3.63, 3.8) is 0 Å². The van der Waals surface area contributed by atoms with Gasteiger partial charge in [-0.05, 0) is 18.1 Å². The molecule has 5 heteroatoms. The zero-order valence-electron chi connectivity index (χ0n) is 11.4. The van der Waals surface area contributed by atoms with Gasteiger partial charge in [-0.1, -0.05) is 19.1 Å². The minimum atomic E-state index is -0.887. The molecule has 0 spiro atoms. The number of hydrogen-bond donors (Lipinski definition) is 1. The summed E-state index contributed by atoms with van der Waals surface area (Å²) < 4.78 is 28.6. The van der Waals surface area contributed by atoms with Crippen molar-refractivity contribution < 1.29 is 13.9 Å². The van der Waals surface area contributed by atoms with E-state index in [-0.39, 0.29) is 12.0 Å². The highest BCUT2D eigenvalue weighted by Crippen LogP contribution is 2.15. The third-order valence-corrected chi connectivity index (χ3v) is 3.17. The summed E-state index contributed by atoms with van der Waals surface area (Å²) in [6.07, 6.45) is 4.11. The molecule has 2 aromatic rings. The first-order chi connectivity index (χ1) is 9.61. The number of benzene rings is 1. The van der Waals surface area contributed by atoms with Crippen molar-refractivity contribution in [2.24, 2.45) is 0 Å². The zero-order valence-corrected chi connectivity index (χ0v) is 11.4. The lowest BCUT2D eigenvalue weighted by molar-refractivity contribution is 0.170. The molecule has 0 amide bonds. The average Bonchev–Trinajstić information content (AvgIpc) is 2.83. The quantitative estimate of drug-likeness (QED) is 0.883. The number of halogens is 2. The fourth-order valence-corrected chi connectivity index (χ4v) is 2.22. The van der Waals surface area contributed by atoms with Crippen LogP contribution in [0.15, 0.2) is 30.6 Å². The molecule has 1 heterocycles. The number of aliphatic hydroxyl groups is 1. The molecule has 0 aliphatic heterocycles. The molecule has 0 aliphatic rings. The summed E-state index contributed by atoms with van der Waals surface area (Å²) >= 11 is 0. The van der Waals surface area contributed by atoms with Crippen LogP contribution in [-0.2, 0) is 19.4 Å². The smallest absolute Gasteiger partial charge is 0.162 e. The standard InChI is InChI=1S/C15H18F2N2O/c1-2-7-19-8-6-18-14(19)10-12(20)9-11-4-3-5-13(16)15(11)17/h3-6,8,12,20H,2,7,9-10H2,1H3. The van der Waals surface area contributed by atoms with Crippen LogP contribution in [0, 0.1) is 11.6 Å². The Hall–Kier alpha value is -1.75. The van der Waals surface area contributed by atoms with E-state index in [1.807, 2.05) is 10.8 Å². The summed E-state index contributed by atoms with van der Waals surface area (Å²) in [5.74, 6) is -1.01. The number of aromatic nitrogens is 2. The minimum absolute atomic E-state index is 0.0720. The Morgan fingerprint density at radius 2 is 2.10 bits per heavy atom. The Balaban J connectivity index is 2.03. The van der Waals surface area contributed by atoms with Crippen molar-refractivity contribution in [1.29, 1.82) is 0 Å². The number of rotatable bonds is 6. The van der Waals surface area contributed by atoms with Crippen LogP contribution in [0.5, 0.6) is 0 Å². The van der Waals surface area contributed by atoms with Crippen molar-refractivity contribution in [1.82, 2.24) is 9.55 Å². The largest absolute Gasteiger partial charge is 0.392 e. The van der Waals surface area contributed by atoms with Gasteiger partial charge in [-0.25, -0.2) is 13.8 Å². The van der Waals surface area contributed by atoms with Crippen LogP contribution >= 0.6 is 0 Å². The van der Waals surface area contributed by atoms with Gasteiger partial charge in [-0.15, -0.1) is 0 Å². The molecule has 1 unspecified atom stereocenters. The highest BCUT2D eigenvalue weighted by Gasteiger charge is 2.15. The van der Waals surface area contributed by atoms with E-state index in [1.165, 1.54) is 12.1 Å². The summed E-state index contributed by atoms with van der Waals surface area (Å²) in [6, 6.07) is 4.00. The Morgan fingerprint density at radius 1 is 1.30 bits per heavy atom. The van der Waals surface area contributed by atoms with E-state index >= 15 is 0 Å². The van der Waals surface area contributed by atoms with Crippen molar-refractivity contribution in [2.75, 3.05) is 0 Å². The molecule has 0 aliphatic carbocycles. The SMILES string of the molecule is CCCn1ccnc1CC(O)Cc1cccc(F)c1F. The van der Waals surface area contributed by atoms with E-state index in [9.17, 15) is 13.9 Å². The molecule has 1 aromatic heterocycles. The predicted octanol–water partition coefficient (Wildman–Crippen LogP) is 2.72. The van der Waals surface area contributed by atoms with Crippen molar-refractivity contribution in [3.8, 4) is 0 Å². The Labute approximate surface area is 116 Å². The maximum Gasteiger partial charge on any atom is 0.162 e. The third-order valence-electron chi connectivity index (χ3n) is 3.17. The molecule has 0 radical (unpaired) electrons. The van der Waals surface area contributed by atoms with E-state index in [1.54, 1.807) is 6.20 Å². The maximum absolute atomic E-state index is 13.5. The van der Waals surface area contributed by atoms with Gasteiger partial charge in [-0.2, -0.15) is 0 Å². The molecular weight excluding hydrogens is 262 g/mol. The Kier molecular flexibility index (Phi) is 4.84. The fraction of sp³-hybridized carbons (Fsp3) is 0.400. The van der Waals surface area contributed by atoms with E-state index in [2.05, 4.69) is 11.9 Å².